The van der Waals surface area contributed by atoms with Crippen molar-refractivity contribution >= 4 is 39.1 Å². The molecule has 2 aromatic carbocycles. The summed E-state index contributed by atoms with van der Waals surface area (Å²) in [6, 6.07) is 5.90. The predicted octanol–water partition coefficient (Wildman–Crippen LogP) is 4.67. The van der Waals surface area contributed by atoms with Gasteiger partial charge in [0.05, 0.1) is 15.3 Å². The smallest absolute Gasteiger partial charge is 0.255 e. The molecule has 0 bridgehead atoms. The van der Waals surface area contributed by atoms with Crippen LogP contribution in [-0.4, -0.2) is 45.0 Å². The Morgan fingerprint density at radius 1 is 1.38 bits per heavy atom. The Balaban J connectivity index is 1.84. The molecule has 8 heteroatoms. The minimum absolute atomic E-state index is 0.0837. The molecule has 152 valence electrons. The van der Waals surface area contributed by atoms with Gasteiger partial charge in [0.1, 0.15) is 11.6 Å². The van der Waals surface area contributed by atoms with Crippen molar-refractivity contribution in [3.8, 4) is 16.9 Å². The van der Waals surface area contributed by atoms with Gasteiger partial charge in [0.2, 0.25) is 0 Å². The highest BCUT2D eigenvalue weighted by Crippen LogP contribution is 2.37. The zero-order chi connectivity index (χ0) is 20.9. The first-order valence-corrected chi connectivity index (χ1v) is 10.4. The largest absolute Gasteiger partial charge is 0.508 e. The number of aromatic nitrogens is 1. The molecule has 3 aromatic rings. The van der Waals surface area contributed by atoms with Crippen LogP contribution in [0.1, 0.15) is 31.1 Å². The number of carbonyl (C=O) groups is 1. The van der Waals surface area contributed by atoms with E-state index in [0.717, 1.165) is 16.2 Å². The molecule has 1 aromatic heterocycles. The van der Waals surface area contributed by atoms with Gasteiger partial charge in [-0.15, -0.1) is 0 Å². The molecule has 0 unspecified atom stereocenters. The first kappa shape index (κ1) is 20.1. The van der Waals surface area contributed by atoms with E-state index < -0.39 is 5.82 Å². The Morgan fingerprint density at radius 3 is 2.83 bits per heavy atom. The SMILES string of the molecule is C[C@H]1CN(C(=O)c2cc(-c3c(F)cc(O)cc3Cl)cc3cnsc23)CC(C)(C)N1. The number of aromatic hydroxyl groups is 1. The summed E-state index contributed by atoms with van der Waals surface area (Å²) in [5.74, 6) is -1.01. The number of hydrogen-bond donors (Lipinski definition) is 2. The second kappa shape index (κ2) is 7.23. The van der Waals surface area contributed by atoms with Crippen LogP contribution in [0, 0.1) is 5.82 Å². The second-order valence-corrected chi connectivity index (χ2v) is 9.38. The van der Waals surface area contributed by atoms with E-state index in [1.54, 1.807) is 18.3 Å². The maximum atomic E-state index is 14.6. The van der Waals surface area contributed by atoms with Crippen LogP contribution >= 0.6 is 23.1 Å². The third-order valence-electron chi connectivity index (χ3n) is 5.00. The van der Waals surface area contributed by atoms with Crippen molar-refractivity contribution in [1.82, 2.24) is 14.6 Å². The number of benzene rings is 2. The molecule has 2 N–H and O–H groups in total. The van der Waals surface area contributed by atoms with Gasteiger partial charge in [0.25, 0.3) is 5.91 Å². The van der Waals surface area contributed by atoms with E-state index >= 15 is 0 Å². The normalized spacial score (nSPS) is 18.9. The van der Waals surface area contributed by atoms with E-state index in [-0.39, 0.29) is 33.8 Å². The summed E-state index contributed by atoms with van der Waals surface area (Å²) in [6.45, 7) is 7.32. The van der Waals surface area contributed by atoms with Gasteiger partial charge in [-0.1, -0.05) is 11.6 Å². The number of phenolic OH excluding ortho intramolecular Hbond substituents is 1. The Kier molecular flexibility index (Phi) is 5.01. The molecule has 1 amide bonds. The number of rotatable bonds is 2. The maximum Gasteiger partial charge on any atom is 0.255 e. The lowest BCUT2D eigenvalue weighted by Gasteiger charge is -2.42. The zero-order valence-corrected chi connectivity index (χ0v) is 17.9. The Bertz CT molecular complexity index is 1090. The molecule has 4 rings (SSSR count). The third-order valence-corrected chi connectivity index (χ3v) is 6.15. The summed E-state index contributed by atoms with van der Waals surface area (Å²) in [5.41, 5.74) is 0.907. The van der Waals surface area contributed by atoms with E-state index in [1.165, 1.54) is 17.6 Å². The number of nitrogens with one attached hydrogen (secondary N) is 1. The lowest BCUT2D eigenvalue weighted by Crippen LogP contribution is -2.62. The molecule has 0 aliphatic carbocycles. The average molecular weight is 434 g/mol. The van der Waals surface area contributed by atoms with E-state index in [4.69, 9.17) is 11.6 Å². The highest BCUT2D eigenvalue weighted by atomic mass is 35.5. The number of amides is 1. The zero-order valence-electron chi connectivity index (χ0n) is 16.3. The number of hydrogen-bond acceptors (Lipinski definition) is 5. The van der Waals surface area contributed by atoms with Gasteiger partial charge in [0, 0.05) is 47.9 Å². The molecular weight excluding hydrogens is 413 g/mol. The lowest BCUT2D eigenvalue weighted by molar-refractivity contribution is 0.0598. The Morgan fingerprint density at radius 2 is 2.14 bits per heavy atom. The predicted molar refractivity (Wildman–Crippen MR) is 114 cm³/mol. The molecule has 1 saturated heterocycles. The minimum Gasteiger partial charge on any atom is -0.508 e. The van der Waals surface area contributed by atoms with Crippen molar-refractivity contribution in [2.45, 2.75) is 32.4 Å². The monoisotopic (exact) mass is 433 g/mol. The molecule has 1 aliphatic heterocycles. The fourth-order valence-electron chi connectivity index (χ4n) is 4.08. The fraction of sp³-hybridized carbons (Fsp3) is 0.333. The van der Waals surface area contributed by atoms with Crippen LogP contribution in [-0.2, 0) is 0 Å². The van der Waals surface area contributed by atoms with E-state index in [2.05, 4.69) is 23.5 Å². The van der Waals surface area contributed by atoms with Crippen molar-refractivity contribution in [3.63, 3.8) is 0 Å². The van der Waals surface area contributed by atoms with Crippen LogP contribution in [0.25, 0.3) is 21.2 Å². The summed E-state index contributed by atoms with van der Waals surface area (Å²) in [7, 11) is 0. The molecule has 0 spiro atoms. The molecule has 5 nitrogen and oxygen atoms in total. The van der Waals surface area contributed by atoms with Crippen LogP contribution in [0.4, 0.5) is 4.39 Å². The fourth-order valence-corrected chi connectivity index (χ4v) is 5.12. The molecule has 29 heavy (non-hydrogen) atoms. The number of halogens is 2. The van der Waals surface area contributed by atoms with Crippen LogP contribution in [0.15, 0.2) is 30.5 Å². The summed E-state index contributed by atoms with van der Waals surface area (Å²) < 4.78 is 19.6. The molecule has 1 atom stereocenters. The van der Waals surface area contributed by atoms with Crippen LogP contribution < -0.4 is 5.32 Å². The van der Waals surface area contributed by atoms with Crippen molar-refractivity contribution in [3.05, 3.63) is 46.9 Å². The second-order valence-electron chi connectivity index (χ2n) is 8.17. The van der Waals surface area contributed by atoms with Gasteiger partial charge in [0.15, 0.2) is 0 Å². The van der Waals surface area contributed by atoms with Crippen LogP contribution in [0.3, 0.4) is 0 Å². The first-order valence-electron chi connectivity index (χ1n) is 9.28. The van der Waals surface area contributed by atoms with Gasteiger partial charge >= 0.3 is 0 Å². The summed E-state index contributed by atoms with van der Waals surface area (Å²) >= 11 is 7.46. The maximum absolute atomic E-state index is 14.6. The highest BCUT2D eigenvalue weighted by molar-refractivity contribution is 7.13. The highest BCUT2D eigenvalue weighted by Gasteiger charge is 2.33. The van der Waals surface area contributed by atoms with Gasteiger partial charge in [-0.3, -0.25) is 4.79 Å². The lowest BCUT2D eigenvalue weighted by atomic mass is 9.96. The summed E-state index contributed by atoms with van der Waals surface area (Å²) in [5, 5.41) is 13.9. The standard InChI is InChI=1S/C21H21ClFN3O2S/c1-11-9-26(10-21(2,3)25-11)20(28)15-5-12(4-13-8-24-29-19(13)15)18-16(22)6-14(27)7-17(18)23/h4-8,11,25,27H,9-10H2,1-3H3/t11-/m0/s1. The average Bonchev–Trinajstić information content (AvgIpc) is 3.06. The van der Waals surface area contributed by atoms with Crippen molar-refractivity contribution in [1.29, 1.82) is 0 Å². The van der Waals surface area contributed by atoms with Gasteiger partial charge in [-0.2, -0.15) is 4.37 Å². The first-order chi connectivity index (χ1) is 13.6. The molecule has 0 radical (unpaired) electrons. The summed E-state index contributed by atoms with van der Waals surface area (Å²) in [4.78, 5) is 15.3. The molecule has 1 aliphatic rings. The summed E-state index contributed by atoms with van der Waals surface area (Å²) in [6.07, 6.45) is 1.66. The Hall–Kier alpha value is -2.22. The number of carbonyl (C=O) groups excluding carboxylic acids is 1. The van der Waals surface area contributed by atoms with Crippen LogP contribution in [0.5, 0.6) is 5.75 Å². The molecule has 2 heterocycles. The van der Waals surface area contributed by atoms with Crippen molar-refractivity contribution in [2.75, 3.05) is 13.1 Å². The van der Waals surface area contributed by atoms with Gasteiger partial charge in [-0.05, 0) is 56.1 Å². The van der Waals surface area contributed by atoms with Gasteiger partial charge in [-0.25, -0.2) is 4.39 Å². The molecule has 0 saturated carbocycles. The third kappa shape index (κ3) is 3.82. The number of phenols is 1. The molecular formula is C21H21ClFN3O2S. The minimum atomic E-state index is -0.645. The van der Waals surface area contributed by atoms with E-state index in [1.807, 2.05) is 11.8 Å². The van der Waals surface area contributed by atoms with E-state index in [0.29, 0.717) is 24.2 Å². The quantitative estimate of drug-likeness (QED) is 0.616. The number of nitrogens with zero attached hydrogens (tertiary/aromatic N) is 2. The van der Waals surface area contributed by atoms with Crippen molar-refractivity contribution < 1.29 is 14.3 Å². The Labute approximate surface area is 177 Å². The van der Waals surface area contributed by atoms with E-state index in [9.17, 15) is 14.3 Å². The molecule has 1 fully saturated rings. The topological polar surface area (TPSA) is 65.5 Å². The number of piperazine rings is 1. The van der Waals surface area contributed by atoms with Crippen LogP contribution in [0.2, 0.25) is 5.02 Å². The number of fused-ring (bicyclic) bond motifs is 1. The van der Waals surface area contributed by atoms with Crippen molar-refractivity contribution in [2.24, 2.45) is 0 Å². The van der Waals surface area contributed by atoms with Gasteiger partial charge < -0.3 is 15.3 Å².